The maximum atomic E-state index is 10.3. The first kappa shape index (κ1) is 14.7. The van der Waals surface area contributed by atoms with Crippen LogP contribution in [0.3, 0.4) is 0 Å². The Morgan fingerprint density at radius 2 is 1.22 bits per heavy atom. The van der Waals surface area contributed by atoms with Crippen molar-refractivity contribution in [3.05, 3.63) is 57.6 Å². The van der Waals surface area contributed by atoms with Crippen LogP contribution in [0.25, 0.3) is 0 Å². The van der Waals surface area contributed by atoms with Gasteiger partial charge in [0.05, 0.1) is 12.2 Å². The van der Waals surface area contributed by atoms with Gasteiger partial charge in [0.25, 0.3) is 0 Å². The van der Waals surface area contributed by atoms with Crippen LogP contribution in [0.15, 0.2) is 24.3 Å². The molecule has 2 atom stereocenters. The summed E-state index contributed by atoms with van der Waals surface area (Å²) in [6.07, 6.45) is 2.39. The van der Waals surface area contributed by atoms with Crippen molar-refractivity contribution in [3.63, 3.8) is 0 Å². The lowest BCUT2D eigenvalue weighted by molar-refractivity contribution is 0.173. The molecule has 2 unspecified atom stereocenters. The summed E-state index contributed by atoms with van der Waals surface area (Å²) in [6.45, 7) is 4.15. The van der Waals surface area contributed by atoms with E-state index in [-0.39, 0.29) is 0 Å². The van der Waals surface area contributed by atoms with Gasteiger partial charge in [-0.2, -0.15) is 0 Å². The molecule has 0 fully saturated rings. The fourth-order valence-electron chi connectivity index (χ4n) is 4.05. The normalized spacial score (nSPS) is 22.1. The summed E-state index contributed by atoms with van der Waals surface area (Å²) in [5.74, 6) is 1.45. The number of aryl methyl sites for hydroxylation is 2. The van der Waals surface area contributed by atoms with Gasteiger partial charge in [0.1, 0.15) is 11.5 Å². The monoisotopic (exact) mass is 310 g/mol. The highest BCUT2D eigenvalue weighted by Gasteiger charge is 2.29. The molecule has 23 heavy (non-hydrogen) atoms. The quantitative estimate of drug-likeness (QED) is 0.879. The first-order valence-electron chi connectivity index (χ1n) is 8.35. The molecule has 2 N–H and O–H groups in total. The van der Waals surface area contributed by atoms with Crippen LogP contribution in [0, 0.1) is 13.8 Å². The van der Waals surface area contributed by atoms with E-state index in [1.807, 2.05) is 12.1 Å². The predicted molar refractivity (Wildman–Crippen MR) is 89.0 cm³/mol. The molecule has 0 saturated carbocycles. The predicted octanol–water partition coefficient (Wildman–Crippen LogP) is 4.05. The minimum absolute atomic E-state index is 0.455. The summed E-state index contributed by atoms with van der Waals surface area (Å²) in [5, 5.41) is 20.6. The van der Waals surface area contributed by atoms with Gasteiger partial charge in [-0.15, -0.1) is 0 Å². The molecule has 2 aromatic rings. The Balaban J connectivity index is 1.79. The topological polar surface area (TPSA) is 49.7 Å². The Morgan fingerprint density at radius 3 is 1.65 bits per heavy atom. The van der Waals surface area contributed by atoms with E-state index >= 15 is 0 Å². The summed E-state index contributed by atoms with van der Waals surface area (Å²) in [7, 11) is 0. The zero-order chi connectivity index (χ0) is 16.1. The van der Waals surface area contributed by atoms with Gasteiger partial charge in [-0.05, 0) is 73.9 Å². The van der Waals surface area contributed by atoms with Crippen molar-refractivity contribution in [1.82, 2.24) is 0 Å². The molecule has 2 aliphatic carbocycles. The second-order valence-electron chi connectivity index (χ2n) is 6.76. The van der Waals surface area contributed by atoms with Gasteiger partial charge in [-0.1, -0.05) is 12.1 Å². The van der Waals surface area contributed by atoms with E-state index in [2.05, 4.69) is 26.0 Å². The fraction of sp³-hybridized carbons (Fsp3) is 0.400. The summed E-state index contributed by atoms with van der Waals surface area (Å²) >= 11 is 0. The van der Waals surface area contributed by atoms with E-state index in [4.69, 9.17) is 4.74 Å². The molecular formula is C20H22O3. The van der Waals surface area contributed by atoms with E-state index in [0.29, 0.717) is 0 Å². The summed E-state index contributed by atoms with van der Waals surface area (Å²) in [4.78, 5) is 0. The SMILES string of the molecule is Cc1ccc(Oc2ccc(C)c3c2C(O)CC3)c2c1CCC2O. The number of hydrogen-bond donors (Lipinski definition) is 2. The molecule has 2 aliphatic rings. The average Bonchev–Trinajstić information content (AvgIpc) is 3.10. The van der Waals surface area contributed by atoms with Gasteiger partial charge in [0.15, 0.2) is 0 Å². The third kappa shape index (κ3) is 2.27. The molecule has 0 heterocycles. The number of aliphatic hydroxyl groups excluding tert-OH is 2. The van der Waals surface area contributed by atoms with E-state index in [1.54, 1.807) is 0 Å². The van der Waals surface area contributed by atoms with Gasteiger partial charge < -0.3 is 14.9 Å². The summed E-state index contributed by atoms with van der Waals surface area (Å²) < 4.78 is 6.19. The van der Waals surface area contributed by atoms with E-state index in [9.17, 15) is 10.2 Å². The van der Waals surface area contributed by atoms with E-state index in [1.165, 1.54) is 22.3 Å². The first-order chi connectivity index (χ1) is 11.1. The lowest BCUT2D eigenvalue weighted by atomic mass is 10.0. The van der Waals surface area contributed by atoms with Crippen LogP contribution in [0.1, 0.15) is 58.4 Å². The van der Waals surface area contributed by atoms with Crippen molar-refractivity contribution >= 4 is 0 Å². The van der Waals surface area contributed by atoms with Crippen molar-refractivity contribution in [3.8, 4) is 11.5 Å². The molecule has 3 heteroatoms. The van der Waals surface area contributed by atoms with Gasteiger partial charge >= 0.3 is 0 Å². The maximum Gasteiger partial charge on any atom is 0.133 e. The Morgan fingerprint density at radius 1 is 0.783 bits per heavy atom. The highest BCUT2D eigenvalue weighted by atomic mass is 16.5. The second-order valence-corrected chi connectivity index (χ2v) is 6.76. The summed E-state index contributed by atoms with van der Waals surface area (Å²) in [6, 6.07) is 7.99. The third-order valence-electron chi connectivity index (χ3n) is 5.32. The molecule has 0 saturated heterocycles. The van der Waals surface area contributed by atoms with Crippen molar-refractivity contribution < 1.29 is 14.9 Å². The van der Waals surface area contributed by atoms with Crippen LogP contribution >= 0.6 is 0 Å². The van der Waals surface area contributed by atoms with Crippen LogP contribution in [0.5, 0.6) is 11.5 Å². The molecule has 0 aromatic heterocycles. The van der Waals surface area contributed by atoms with Gasteiger partial charge in [0, 0.05) is 11.1 Å². The number of ether oxygens (including phenoxy) is 1. The number of benzene rings is 2. The zero-order valence-electron chi connectivity index (χ0n) is 13.6. The van der Waals surface area contributed by atoms with Crippen molar-refractivity contribution in [2.75, 3.05) is 0 Å². The number of hydrogen-bond acceptors (Lipinski definition) is 3. The van der Waals surface area contributed by atoms with Gasteiger partial charge in [-0.25, -0.2) is 0 Å². The Labute approximate surface area is 136 Å². The molecule has 0 amide bonds. The summed E-state index contributed by atoms with van der Waals surface area (Å²) in [5.41, 5.74) is 6.67. The molecule has 0 radical (unpaired) electrons. The van der Waals surface area contributed by atoms with Gasteiger partial charge in [0.2, 0.25) is 0 Å². The van der Waals surface area contributed by atoms with Crippen molar-refractivity contribution in [2.45, 2.75) is 51.7 Å². The van der Waals surface area contributed by atoms with Crippen LogP contribution < -0.4 is 4.74 Å². The second kappa shape index (κ2) is 5.36. The molecule has 0 aliphatic heterocycles. The molecule has 2 aromatic carbocycles. The van der Waals surface area contributed by atoms with Crippen LogP contribution in [0.4, 0.5) is 0 Å². The molecule has 4 rings (SSSR count). The Bertz CT molecular complexity index is 713. The van der Waals surface area contributed by atoms with Crippen LogP contribution in [-0.2, 0) is 12.8 Å². The Hall–Kier alpha value is -1.84. The zero-order valence-corrected chi connectivity index (χ0v) is 13.6. The number of rotatable bonds is 2. The lowest BCUT2D eigenvalue weighted by Gasteiger charge is -2.18. The molecule has 0 bridgehead atoms. The highest BCUT2D eigenvalue weighted by Crippen LogP contribution is 2.45. The van der Waals surface area contributed by atoms with E-state index in [0.717, 1.165) is 48.3 Å². The van der Waals surface area contributed by atoms with Crippen LogP contribution in [-0.4, -0.2) is 10.2 Å². The first-order valence-corrected chi connectivity index (χ1v) is 8.35. The van der Waals surface area contributed by atoms with E-state index < -0.39 is 12.2 Å². The third-order valence-corrected chi connectivity index (χ3v) is 5.32. The molecule has 120 valence electrons. The Kier molecular flexibility index (Phi) is 3.43. The van der Waals surface area contributed by atoms with Crippen molar-refractivity contribution in [2.24, 2.45) is 0 Å². The number of aliphatic hydroxyl groups is 2. The standard InChI is InChI=1S/C20H22O3/c1-11-3-9-17(19-13(11)5-7-15(19)21)23-18-10-4-12(2)14-6-8-16(22)20(14)18/h3-4,9-10,15-16,21-22H,5-8H2,1-2H3. The maximum absolute atomic E-state index is 10.3. The average molecular weight is 310 g/mol. The van der Waals surface area contributed by atoms with Gasteiger partial charge in [-0.3, -0.25) is 0 Å². The molecular weight excluding hydrogens is 288 g/mol. The largest absolute Gasteiger partial charge is 0.457 e. The number of fused-ring (bicyclic) bond motifs is 2. The lowest BCUT2D eigenvalue weighted by Crippen LogP contribution is -2.01. The molecule has 3 nitrogen and oxygen atoms in total. The highest BCUT2D eigenvalue weighted by molar-refractivity contribution is 5.54. The van der Waals surface area contributed by atoms with Crippen molar-refractivity contribution in [1.29, 1.82) is 0 Å². The minimum Gasteiger partial charge on any atom is -0.457 e. The smallest absolute Gasteiger partial charge is 0.133 e. The fourth-order valence-corrected chi connectivity index (χ4v) is 4.05. The van der Waals surface area contributed by atoms with Crippen LogP contribution in [0.2, 0.25) is 0 Å². The molecule has 0 spiro atoms. The minimum atomic E-state index is -0.455.